The third kappa shape index (κ3) is 5.90. The lowest BCUT2D eigenvalue weighted by Gasteiger charge is -2.14. The lowest BCUT2D eigenvalue weighted by molar-refractivity contribution is -0.151. The van der Waals surface area contributed by atoms with Gasteiger partial charge < -0.3 is 10.1 Å². The minimum absolute atomic E-state index is 0.0930. The van der Waals surface area contributed by atoms with Crippen molar-refractivity contribution in [2.75, 3.05) is 11.9 Å². The van der Waals surface area contributed by atoms with Crippen LogP contribution in [0.25, 0.3) is 0 Å². The fourth-order valence-electron chi connectivity index (χ4n) is 2.20. The van der Waals surface area contributed by atoms with Crippen molar-refractivity contribution in [3.8, 4) is 6.07 Å². The summed E-state index contributed by atoms with van der Waals surface area (Å²) in [6.07, 6.45) is -1.10. The number of ether oxygens (including phenoxy) is 1. The number of carbonyl (C=O) groups is 2. The molecule has 0 bridgehead atoms. The second kappa shape index (κ2) is 9.12. The molecule has 1 amide bonds. The van der Waals surface area contributed by atoms with Gasteiger partial charge in [-0.1, -0.05) is 12.1 Å². The van der Waals surface area contributed by atoms with E-state index in [0.717, 1.165) is 5.56 Å². The number of carbonyl (C=O) groups excluding carboxylic acids is 2. The Hall–Kier alpha value is -3.22. The first-order valence-electron chi connectivity index (χ1n) is 8.28. The normalized spacial score (nSPS) is 11.9. The molecule has 0 fully saturated rings. The van der Waals surface area contributed by atoms with Crippen LogP contribution >= 0.6 is 0 Å². The molecule has 2 N–H and O–H groups in total. The molecule has 0 unspecified atom stereocenters. The number of rotatable bonds is 7. The fourth-order valence-corrected chi connectivity index (χ4v) is 3.17. The molecule has 9 heteroatoms. The molecule has 0 saturated carbocycles. The number of aryl methyl sites for hydroxylation is 1. The molecule has 2 aromatic rings. The van der Waals surface area contributed by atoms with Crippen LogP contribution in [0, 0.1) is 18.3 Å². The number of sulfonamides is 1. The summed E-state index contributed by atoms with van der Waals surface area (Å²) in [7, 11) is -3.95. The third-order valence-electron chi connectivity index (χ3n) is 3.66. The quantitative estimate of drug-likeness (QED) is 0.681. The van der Waals surface area contributed by atoms with Gasteiger partial charge in [0.2, 0.25) is 10.0 Å². The lowest BCUT2D eigenvalue weighted by atomic mass is 10.2. The number of nitrogens with zero attached hydrogens (tertiary/aromatic N) is 1. The highest BCUT2D eigenvalue weighted by atomic mass is 32.2. The van der Waals surface area contributed by atoms with E-state index in [1.807, 2.05) is 19.1 Å². The fraction of sp³-hybridized carbons (Fsp3) is 0.211. The van der Waals surface area contributed by atoms with Crippen molar-refractivity contribution in [2.45, 2.75) is 24.8 Å². The molecule has 2 rings (SSSR count). The predicted octanol–water partition coefficient (Wildman–Crippen LogP) is 1.72. The second-order valence-corrected chi connectivity index (χ2v) is 7.72. The Labute approximate surface area is 163 Å². The number of hydrogen-bond acceptors (Lipinski definition) is 6. The van der Waals surface area contributed by atoms with Crippen molar-refractivity contribution in [2.24, 2.45) is 0 Å². The Kier molecular flexibility index (Phi) is 6.87. The van der Waals surface area contributed by atoms with Gasteiger partial charge in [-0.25, -0.2) is 8.42 Å². The van der Waals surface area contributed by atoms with E-state index < -0.39 is 34.5 Å². The summed E-state index contributed by atoms with van der Waals surface area (Å²) in [4.78, 5) is 23.9. The predicted molar refractivity (Wildman–Crippen MR) is 102 cm³/mol. The van der Waals surface area contributed by atoms with E-state index in [1.54, 1.807) is 18.2 Å². The average molecular weight is 401 g/mol. The Morgan fingerprint density at radius 2 is 1.86 bits per heavy atom. The molecule has 146 valence electrons. The number of nitriles is 1. The average Bonchev–Trinajstić information content (AvgIpc) is 2.66. The maximum absolute atomic E-state index is 12.1. The van der Waals surface area contributed by atoms with Crippen molar-refractivity contribution >= 4 is 27.6 Å². The van der Waals surface area contributed by atoms with E-state index in [0.29, 0.717) is 11.3 Å². The summed E-state index contributed by atoms with van der Waals surface area (Å²) in [5.74, 6) is -1.43. The summed E-state index contributed by atoms with van der Waals surface area (Å²) in [5.41, 5.74) is 1.83. The number of anilines is 1. The Bertz CT molecular complexity index is 1010. The first-order valence-corrected chi connectivity index (χ1v) is 9.76. The van der Waals surface area contributed by atoms with E-state index in [1.165, 1.54) is 31.2 Å². The molecule has 0 aliphatic heterocycles. The molecule has 0 radical (unpaired) electrons. The van der Waals surface area contributed by atoms with Gasteiger partial charge in [-0.05, 0) is 55.8 Å². The molecule has 28 heavy (non-hydrogen) atoms. The summed E-state index contributed by atoms with van der Waals surface area (Å²) >= 11 is 0. The highest BCUT2D eigenvalue weighted by Gasteiger charge is 2.20. The molecular formula is C19H19N3O5S. The summed E-state index contributed by atoms with van der Waals surface area (Å²) in [5, 5.41) is 11.3. The highest BCUT2D eigenvalue weighted by Crippen LogP contribution is 2.11. The van der Waals surface area contributed by atoms with Crippen molar-refractivity contribution in [3.05, 3.63) is 59.7 Å². The lowest BCUT2D eigenvalue weighted by Crippen LogP contribution is -2.35. The highest BCUT2D eigenvalue weighted by molar-refractivity contribution is 7.89. The largest absolute Gasteiger partial charge is 0.452 e. The van der Waals surface area contributed by atoms with Crippen LogP contribution in [0.4, 0.5) is 5.69 Å². The van der Waals surface area contributed by atoms with Gasteiger partial charge in [0.1, 0.15) is 6.54 Å². The van der Waals surface area contributed by atoms with Gasteiger partial charge in [0.25, 0.3) is 5.91 Å². The maximum Gasteiger partial charge on any atom is 0.321 e. The molecule has 0 saturated heterocycles. The second-order valence-electron chi connectivity index (χ2n) is 5.95. The van der Waals surface area contributed by atoms with Crippen LogP contribution in [0.1, 0.15) is 18.1 Å². The van der Waals surface area contributed by atoms with E-state index in [9.17, 15) is 18.0 Å². The maximum atomic E-state index is 12.1. The van der Waals surface area contributed by atoms with Crippen molar-refractivity contribution in [1.82, 2.24) is 4.72 Å². The monoisotopic (exact) mass is 401 g/mol. The van der Waals surface area contributed by atoms with E-state index in [4.69, 9.17) is 10.00 Å². The Balaban J connectivity index is 1.88. The molecule has 0 heterocycles. The standard InChI is InChI=1S/C19H19N3O5S/c1-13-4-3-5-16(10-13)22-19(24)14(2)27-18(23)12-21-28(25,26)17-8-6-15(11-20)7-9-17/h3-10,14,21H,12H2,1-2H3,(H,22,24)/t14-/m0/s1. The van der Waals surface area contributed by atoms with Crippen molar-refractivity contribution in [1.29, 1.82) is 5.26 Å². The van der Waals surface area contributed by atoms with Crippen LogP contribution in [0.5, 0.6) is 0 Å². The molecular weight excluding hydrogens is 382 g/mol. The van der Waals surface area contributed by atoms with Crippen LogP contribution in [0.15, 0.2) is 53.4 Å². The van der Waals surface area contributed by atoms with E-state index in [-0.39, 0.29) is 4.90 Å². The Morgan fingerprint density at radius 3 is 2.46 bits per heavy atom. The molecule has 0 aromatic heterocycles. The van der Waals surface area contributed by atoms with Gasteiger partial charge in [0.05, 0.1) is 16.5 Å². The minimum atomic E-state index is -3.95. The molecule has 0 aliphatic carbocycles. The summed E-state index contributed by atoms with van der Waals surface area (Å²) in [6, 6.07) is 14.2. The molecule has 1 atom stereocenters. The zero-order valence-electron chi connectivity index (χ0n) is 15.3. The van der Waals surface area contributed by atoms with Gasteiger partial charge in [0, 0.05) is 5.69 Å². The van der Waals surface area contributed by atoms with E-state index in [2.05, 4.69) is 10.0 Å². The summed E-state index contributed by atoms with van der Waals surface area (Å²) < 4.78 is 31.4. The number of nitrogens with one attached hydrogen (secondary N) is 2. The van der Waals surface area contributed by atoms with Gasteiger partial charge in [0.15, 0.2) is 6.10 Å². The Morgan fingerprint density at radius 1 is 1.18 bits per heavy atom. The smallest absolute Gasteiger partial charge is 0.321 e. The first-order chi connectivity index (χ1) is 13.2. The van der Waals surface area contributed by atoms with Gasteiger partial charge in [-0.15, -0.1) is 0 Å². The van der Waals surface area contributed by atoms with Crippen LogP contribution < -0.4 is 10.0 Å². The summed E-state index contributed by atoms with van der Waals surface area (Å²) in [6.45, 7) is 2.63. The van der Waals surface area contributed by atoms with Crippen LogP contribution in [0.2, 0.25) is 0 Å². The van der Waals surface area contributed by atoms with Crippen molar-refractivity contribution < 1.29 is 22.7 Å². The number of benzene rings is 2. The number of esters is 1. The van der Waals surface area contributed by atoms with Crippen LogP contribution in [0.3, 0.4) is 0 Å². The zero-order chi connectivity index (χ0) is 20.7. The first kappa shape index (κ1) is 21.1. The topological polar surface area (TPSA) is 125 Å². The van der Waals surface area contributed by atoms with E-state index >= 15 is 0 Å². The minimum Gasteiger partial charge on any atom is -0.452 e. The van der Waals surface area contributed by atoms with Crippen molar-refractivity contribution in [3.63, 3.8) is 0 Å². The van der Waals surface area contributed by atoms with Gasteiger partial charge in [-0.3, -0.25) is 9.59 Å². The zero-order valence-corrected chi connectivity index (χ0v) is 16.1. The molecule has 0 aliphatic rings. The number of hydrogen-bond donors (Lipinski definition) is 2. The molecule has 8 nitrogen and oxygen atoms in total. The van der Waals surface area contributed by atoms with Gasteiger partial charge >= 0.3 is 5.97 Å². The van der Waals surface area contributed by atoms with Crippen LogP contribution in [-0.2, 0) is 24.3 Å². The molecule has 0 spiro atoms. The SMILES string of the molecule is Cc1cccc(NC(=O)[C@H](C)OC(=O)CNS(=O)(=O)c2ccc(C#N)cc2)c1. The third-order valence-corrected chi connectivity index (χ3v) is 5.08. The number of amides is 1. The van der Waals surface area contributed by atoms with Crippen LogP contribution in [-0.4, -0.2) is 32.9 Å². The molecule has 2 aromatic carbocycles. The van der Waals surface area contributed by atoms with Gasteiger partial charge in [-0.2, -0.15) is 9.98 Å².